The first-order chi connectivity index (χ1) is 15.7. The molecule has 0 aromatic heterocycles. The van der Waals surface area contributed by atoms with Crippen LogP contribution in [0.4, 0.5) is 0 Å². The molecule has 1 aliphatic rings. The van der Waals surface area contributed by atoms with Gasteiger partial charge in [0.05, 0.1) is 4.90 Å². The van der Waals surface area contributed by atoms with Crippen molar-refractivity contribution < 1.29 is 22.7 Å². The standard InChI is InChI=1S/C26H31NO5S/c1-19-16-21(3)24(17-20(19)2)25(28)18-32-26(29)13-10-22-8-11-23(12-9-22)33(30,31)27-14-6-4-5-7-15-27/h8-13,16-17H,4-7,14-15,18H2,1-3H3. The molecule has 33 heavy (non-hydrogen) atoms. The predicted octanol–water partition coefficient (Wildman–Crippen LogP) is 4.62. The molecule has 2 aromatic rings. The second kappa shape index (κ2) is 10.9. The Morgan fingerprint density at radius 3 is 2.15 bits per heavy atom. The van der Waals surface area contributed by atoms with Crippen molar-refractivity contribution in [2.45, 2.75) is 51.3 Å². The highest BCUT2D eigenvalue weighted by Crippen LogP contribution is 2.21. The molecule has 1 aliphatic heterocycles. The van der Waals surface area contributed by atoms with E-state index in [0.29, 0.717) is 24.2 Å². The minimum atomic E-state index is -3.51. The first-order valence-electron chi connectivity index (χ1n) is 11.2. The van der Waals surface area contributed by atoms with Crippen molar-refractivity contribution in [3.8, 4) is 0 Å². The topological polar surface area (TPSA) is 80.8 Å². The van der Waals surface area contributed by atoms with Gasteiger partial charge in [0.1, 0.15) is 0 Å². The summed E-state index contributed by atoms with van der Waals surface area (Å²) in [5.41, 5.74) is 4.18. The van der Waals surface area contributed by atoms with E-state index in [1.807, 2.05) is 32.9 Å². The summed E-state index contributed by atoms with van der Waals surface area (Å²) < 4.78 is 32.3. The molecule has 0 radical (unpaired) electrons. The van der Waals surface area contributed by atoms with Crippen LogP contribution in [0.25, 0.3) is 6.08 Å². The monoisotopic (exact) mass is 469 g/mol. The number of Topliss-reactive ketones (excluding diaryl/α,β-unsaturated/α-hetero) is 1. The van der Waals surface area contributed by atoms with Gasteiger partial charge in [-0.2, -0.15) is 4.31 Å². The molecule has 0 N–H and O–H groups in total. The first kappa shape index (κ1) is 24.9. The lowest BCUT2D eigenvalue weighted by Gasteiger charge is -2.19. The van der Waals surface area contributed by atoms with Crippen LogP contribution >= 0.6 is 0 Å². The molecule has 0 unspecified atom stereocenters. The molecule has 0 spiro atoms. The molecule has 1 fully saturated rings. The number of carbonyl (C=O) groups is 2. The summed E-state index contributed by atoms with van der Waals surface area (Å²) in [5, 5.41) is 0. The van der Waals surface area contributed by atoms with E-state index in [9.17, 15) is 18.0 Å². The van der Waals surface area contributed by atoms with Crippen molar-refractivity contribution in [3.63, 3.8) is 0 Å². The molecule has 6 nitrogen and oxygen atoms in total. The zero-order valence-corrected chi connectivity index (χ0v) is 20.3. The summed E-state index contributed by atoms with van der Waals surface area (Å²) in [7, 11) is -3.51. The van der Waals surface area contributed by atoms with E-state index >= 15 is 0 Å². The van der Waals surface area contributed by atoms with Crippen LogP contribution in [-0.4, -0.2) is 44.2 Å². The molecule has 7 heteroatoms. The van der Waals surface area contributed by atoms with E-state index in [-0.39, 0.29) is 17.3 Å². The fourth-order valence-electron chi connectivity index (χ4n) is 3.87. The average molecular weight is 470 g/mol. The lowest BCUT2D eigenvalue weighted by molar-refractivity contribution is -0.136. The first-order valence-corrected chi connectivity index (χ1v) is 12.7. The number of benzene rings is 2. The minimum absolute atomic E-state index is 0.249. The van der Waals surface area contributed by atoms with E-state index < -0.39 is 16.0 Å². The van der Waals surface area contributed by atoms with Gasteiger partial charge in [0.25, 0.3) is 0 Å². The molecule has 0 bridgehead atoms. The molecule has 0 aliphatic carbocycles. The van der Waals surface area contributed by atoms with Gasteiger partial charge in [-0.15, -0.1) is 0 Å². The summed E-state index contributed by atoms with van der Waals surface area (Å²) in [4.78, 5) is 24.7. The van der Waals surface area contributed by atoms with Gasteiger partial charge >= 0.3 is 5.97 Å². The third kappa shape index (κ3) is 6.39. The Hall–Kier alpha value is -2.77. The van der Waals surface area contributed by atoms with Crippen LogP contribution in [0.5, 0.6) is 0 Å². The number of sulfonamides is 1. The number of hydrogen-bond donors (Lipinski definition) is 0. The summed E-state index contributed by atoms with van der Waals surface area (Å²) in [6.07, 6.45) is 6.65. The number of rotatable bonds is 7. The van der Waals surface area contributed by atoms with Crippen LogP contribution in [0.2, 0.25) is 0 Å². The molecular formula is C26H31NO5S. The summed E-state index contributed by atoms with van der Waals surface area (Å²) in [6.45, 7) is 6.55. The summed E-state index contributed by atoms with van der Waals surface area (Å²) in [6, 6.07) is 10.2. The number of ether oxygens (including phenoxy) is 1. The van der Waals surface area contributed by atoms with Crippen LogP contribution < -0.4 is 0 Å². The van der Waals surface area contributed by atoms with Gasteiger partial charge in [0.15, 0.2) is 6.61 Å². The Morgan fingerprint density at radius 2 is 1.52 bits per heavy atom. The van der Waals surface area contributed by atoms with Gasteiger partial charge in [-0.1, -0.05) is 31.0 Å². The number of hydrogen-bond acceptors (Lipinski definition) is 5. The zero-order chi connectivity index (χ0) is 24.0. The molecular weight excluding hydrogens is 438 g/mol. The lowest BCUT2D eigenvalue weighted by atomic mass is 9.98. The number of ketones is 1. The zero-order valence-electron chi connectivity index (χ0n) is 19.5. The maximum Gasteiger partial charge on any atom is 0.331 e. The van der Waals surface area contributed by atoms with Gasteiger partial charge < -0.3 is 4.74 Å². The maximum absolute atomic E-state index is 12.8. The molecule has 0 amide bonds. The SMILES string of the molecule is Cc1cc(C)c(C(=O)COC(=O)C=Cc2ccc(S(=O)(=O)N3CCCCCC3)cc2)cc1C. The second-order valence-corrected chi connectivity index (χ2v) is 10.4. The van der Waals surface area contributed by atoms with E-state index in [4.69, 9.17) is 4.74 Å². The molecule has 0 atom stereocenters. The number of aryl methyl sites for hydroxylation is 3. The smallest absolute Gasteiger partial charge is 0.331 e. The van der Waals surface area contributed by atoms with Crippen molar-refractivity contribution in [2.75, 3.05) is 19.7 Å². The molecule has 1 heterocycles. The largest absolute Gasteiger partial charge is 0.454 e. The number of nitrogens with zero attached hydrogens (tertiary/aromatic N) is 1. The maximum atomic E-state index is 12.8. The van der Waals surface area contributed by atoms with Crippen LogP contribution in [0.1, 0.15) is 58.3 Å². The van der Waals surface area contributed by atoms with Crippen LogP contribution in [0, 0.1) is 20.8 Å². The molecule has 3 rings (SSSR count). The van der Waals surface area contributed by atoms with Gasteiger partial charge in [-0.3, -0.25) is 4.79 Å². The van der Waals surface area contributed by atoms with Crippen molar-refractivity contribution in [3.05, 3.63) is 70.3 Å². The molecule has 176 valence electrons. The van der Waals surface area contributed by atoms with Crippen molar-refractivity contribution in [1.82, 2.24) is 4.31 Å². The molecule has 0 saturated carbocycles. The third-order valence-corrected chi connectivity index (χ3v) is 7.89. The van der Waals surface area contributed by atoms with Gasteiger partial charge in [-0.25, -0.2) is 13.2 Å². The van der Waals surface area contributed by atoms with Gasteiger partial charge in [0.2, 0.25) is 15.8 Å². The Kier molecular flexibility index (Phi) is 8.21. The Morgan fingerprint density at radius 1 is 0.909 bits per heavy atom. The van der Waals surface area contributed by atoms with Crippen molar-refractivity contribution >= 4 is 27.9 Å². The second-order valence-electron chi connectivity index (χ2n) is 8.50. The Bertz CT molecular complexity index is 1140. The van der Waals surface area contributed by atoms with Crippen LogP contribution in [0.15, 0.2) is 47.4 Å². The molecule has 1 saturated heterocycles. The lowest BCUT2D eigenvalue weighted by Crippen LogP contribution is -2.31. The van der Waals surface area contributed by atoms with Crippen LogP contribution in [0.3, 0.4) is 0 Å². The highest BCUT2D eigenvalue weighted by atomic mass is 32.2. The highest BCUT2D eigenvalue weighted by Gasteiger charge is 2.24. The number of carbonyl (C=O) groups excluding carboxylic acids is 2. The van der Waals surface area contributed by atoms with Gasteiger partial charge in [-0.05, 0) is 80.1 Å². The summed E-state index contributed by atoms with van der Waals surface area (Å²) >= 11 is 0. The quantitative estimate of drug-likeness (QED) is 0.336. The highest BCUT2D eigenvalue weighted by molar-refractivity contribution is 7.89. The van der Waals surface area contributed by atoms with E-state index in [1.165, 1.54) is 12.2 Å². The number of esters is 1. The fraction of sp³-hybridized carbons (Fsp3) is 0.385. The molecule has 2 aromatic carbocycles. The van der Waals surface area contributed by atoms with Crippen LogP contribution in [-0.2, 0) is 19.6 Å². The minimum Gasteiger partial charge on any atom is -0.454 e. The van der Waals surface area contributed by atoms with Gasteiger partial charge in [0, 0.05) is 24.7 Å². The van der Waals surface area contributed by atoms with E-state index in [0.717, 1.165) is 42.4 Å². The summed E-state index contributed by atoms with van der Waals surface area (Å²) in [5.74, 6) is -0.883. The van der Waals surface area contributed by atoms with Crippen molar-refractivity contribution in [2.24, 2.45) is 0 Å². The normalized spacial score (nSPS) is 15.4. The van der Waals surface area contributed by atoms with E-state index in [1.54, 1.807) is 28.6 Å². The predicted molar refractivity (Wildman–Crippen MR) is 129 cm³/mol. The average Bonchev–Trinajstić information content (AvgIpc) is 3.09. The fourth-order valence-corrected chi connectivity index (χ4v) is 5.39. The van der Waals surface area contributed by atoms with Crippen molar-refractivity contribution in [1.29, 1.82) is 0 Å². The van der Waals surface area contributed by atoms with E-state index in [2.05, 4.69) is 0 Å². The third-order valence-electron chi connectivity index (χ3n) is 5.98. The Balaban J connectivity index is 1.58. The Labute approximate surface area is 196 Å².